The summed E-state index contributed by atoms with van der Waals surface area (Å²) in [5.74, 6) is 0.840. The molecule has 106 valence electrons. The van der Waals surface area contributed by atoms with Crippen LogP contribution in [0.4, 0.5) is 0 Å². The van der Waals surface area contributed by atoms with Gasteiger partial charge in [-0.05, 0) is 57.7 Å². The van der Waals surface area contributed by atoms with Crippen molar-refractivity contribution in [1.29, 1.82) is 0 Å². The summed E-state index contributed by atoms with van der Waals surface area (Å²) in [4.78, 5) is 2.64. The molecule has 1 aliphatic rings. The first kappa shape index (κ1) is 14.5. The zero-order chi connectivity index (χ0) is 13.5. The molecule has 0 bridgehead atoms. The van der Waals surface area contributed by atoms with E-state index in [1.54, 1.807) is 0 Å². The molecule has 0 aromatic heterocycles. The molecule has 1 aromatic carbocycles. The van der Waals surface area contributed by atoms with Crippen LogP contribution in [0.1, 0.15) is 32.3 Å². The average molecular weight is 260 g/mol. The minimum absolute atomic E-state index is 0.644. The molecule has 1 N–H and O–H groups in total. The lowest BCUT2D eigenvalue weighted by atomic mass is 9.98. The van der Waals surface area contributed by atoms with Crippen LogP contribution in [0, 0.1) is 5.92 Å². The van der Waals surface area contributed by atoms with Crippen LogP contribution in [0.15, 0.2) is 30.3 Å². The molecule has 0 saturated carbocycles. The summed E-state index contributed by atoms with van der Waals surface area (Å²) in [5.41, 5.74) is 1.45. The maximum Gasteiger partial charge on any atom is 0.00388 e. The zero-order valence-electron chi connectivity index (χ0n) is 12.4. The molecule has 1 atom stereocenters. The third-order valence-electron chi connectivity index (χ3n) is 4.15. The van der Waals surface area contributed by atoms with Crippen LogP contribution < -0.4 is 5.32 Å². The molecular weight excluding hydrogens is 232 g/mol. The van der Waals surface area contributed by atoms with Crippen LogP contribution in [0.5, 0.6) is 0 Å². The first-order chi connectivity index (χ1) is 9.25. The lowest BCUT2D eigenvalue weighted by Gasteiger charge is -2.32. The minimum Gasteiger partial charge on any atom is -0.316 e. The second-order valence-electron chi connectivity index (χ2n) is 6.04. The van der Waals surface area contributed by atoms with Gasteiger partial charge in [0.15, 0.2) is 0 Å². The molecule has 1 heterocycles. The number of benzene rings is 1. The van der Waals surface area contributed by atoms with Crippen LogP contribution in [0.3, 0.4) is 0 Å². The van der Waals surface area contributed by atoms with Crippen LogP contribution in [-0.4, -0.2) is 37.1 Å². The number of piperidine rings is 1. The number of nitrogens with zero attached hydrogens (tertiary/aromatic N) is 1. The van der Waals surface area contributed by atoms with Gasteiger partial charge in [0.2, 0.25) is 0 Å². The third-order valence-corrected chi connectivity index (χ3v) is 4.15. The van der Waals surface area contributed by atoms with Gasteiger partial charge >= 0.3 is 0 Å². The van der Waals surface area contributed by atoms with Gasteiger partial charge in [-0.25, -0.2) is 0 Å². The van der Waals surface area contributed by atoms with Crippen molar-refractivity contribution in [3.63, 3.8) is 0 Å². The Bertz CT molecular complexity index is 342. The highest BCUT2D eigenvalue weighted by Gasteiger charge is 2.18. The van der Waals surface area contributed by atoms with E-state index < -0.39 is 0 Å². The van der Waals surface area contributed by atoms with E-state index >= 15 is 0 Å². The minimum atomic E-state index is 0.644. The summed E-state index contributed by atoms with van der Waals surface area (Å²) in [5, 5.41) is 3.53. The topological polar surface area (TPSA) is 15.3 Å². The Morgan fingerprint density at radius 2 is 2.05 bits per heavy atom. The van der Waals surface area contributed by atoms with E-state index in [1.165, 1.54) is 51.0 Å². The van der Waals surface area contributed by atoms with E-state index in [4.69, 9.17) is 0 Å². The average Bonchev–Trinajstić information content (AvgIpc) is 2.45. The molecule has 0 amide bonds. The van der Waals surface area contributed by atoms with E-state index in [-0.39, 0.29) is 0 Å². The van der Waals surface area contributed by atoms with Crippen molar-refractivity contribution >= 4 is 0 Å². The summed E-state index contributed by atoms with van der Waals surface area (Å²) in [7, 11) is 0. The molecule has 1 aliphatic heterocycles. The first-order valence-corrected chi connectivity index (χ1v) is 7.74. The first-order valence-electron chi connectivity index (χ1n) is 7.74. The van der Waals surface area contributed by atoms with Crippen molar-refractivity contribution in [1.82, 2.24) is 10.2 Å². The van der Waals surface area contributed by atoms with Gasteiger partial charge in [0.1, 0.15) is 0 Å². The monoisotopic (exact) mass is 260 g/mol. The molecule has 0 spiro atoms. The molecule has 0 radical (unpaired) electrons. The Morgan fingerprint density at radius 3 is 2.68 bits per heavy atom. The Morgan fingerprint density at radius 1 is 1.26 bits per heavy atom. The predicted molar refractivity (Wildman–Crippen MR) is 82.4 cm³/mol. The summed E-state index contributed by atoms with van der Waals surface area (Å²) in [6, 6.07) is 11.5. The van der Waals surface area contributed by atoms with Crippen LogP contribution in [-0.2, 0) is 6.42 Å². The lowest BCUT2D eigenvalue weighted by Crippen LogP contribution is -2.42. The fourth-order valence-corrected chi connectivity index (χ4v) is 2.89. The Hall–Kier alpha value is -0.860. The Labute approximate surface area is 118 Å². The molecule has 0 aliphatic carbocycles. The van der Waals surface area contributed by atoms with E-state index in [9.17, 15) is 0 Å². The Kier molecular flexibility index (Phi) is 5.87. The molecule has 2 nitrogen and oxygen atoms in total. The van der Waals surface area contributed by atoms with E-state index in [1.807, 2.05) is 0 Å². The largest absolute Gasteiger partial charge is 0.316 e. The van der Waals surface area contributed by atoms with Gasteiger partial charge in [-0.15, -0.1) is 0 Å². The highest BCUT2D eigenvalue weighted by Crippen LogP contribution is 2.14. The number of hydrogen-bond acceptors (Lipinski definition) is 2. The smallest absolute Gasteiger partial charge is 0.00388 e. The number of rotatable bonds is 6. The van der Waals surface area contributed by atoms with Crippen molar-refractivity contribution in [3.05, 3.63) is 35.9 Å². The second-order valence-corrected chi connectivity index (χ2v) is 6.04. The van der Waals surface area contributed by atoms with Gasteiger partial charge < -0.3 is 10.2 Å². The summed E-state index contributed by atoms with van der Waals surface area (Å²) in [6.45, 7) is 9.48. The van der Waals surface area contributed by atoms with Gasteiger partial charge in [0, 0.05) is 19.1 Å². The lowest BCUT2D eigenvalue weighted by molar-refractivity contribution is 0.173. The van der Waals surface area contributed by atoms with E-state index in [2.05, 4.69) is 54.4 Å². The maximum atomic E-state index is 3.53. The number of hydrogen-bond donors (Lipinski definition) is 1. The quantitative estimate of drug-likeness (QED) is 0.846. The van der Waals surface area contributed by atoms with E-state index in [0.29, 0.717) is 6.04 Å². The fraction of sp³-hybridized carbons (Fsp3) is 0.647. The number of nitrogens with one attached hydrogen (secondary N) is 1. The van der Waals surface area contributed by atoms with Crippen LogP contribution >= 0.6 is 0 Å². The molecular formula is C17H28N2. The summed E-state index contributed by atoms with van der Waals surface area (Å²) < 4.78 is 0. The SMILES string of the molecule is CC(C)N(CCc1ccccc1)CC1CCCNC1. The van der Waals surface area contributed by atoms with Crippen molar-refractivity contribution in [2.75, 3.05) is 26.2 Å². The Balaban J connectivity index is 1.82. The zero-order valence-corrected chi connectivity index (χ0v) is 12.4. The summed E-state index contributed by atoms with van der Waals surface area (Å²) >= 11 is 0. The normalized spacial score (nSPS) is 20.1. The molecule has 1 fully saturated rings. The van der Waals surface area contributed by atoms with Gasteiger partial charge in [0.25, 0.3) is 0 Å². The molecule has 1 aromatic rings. The molecule has 2 heteroatoms. The maximum absolute atomic E-state index is 3.53. The van der Waals surface area contributed by atoms with E-state index in [0.717, 1.165) is 5.92 Å². The molecule has 2 rings (SSSR count). The highest BCUT2D eigenvalue weighted by molar-refractivity contribution is 5.14. The third kappa shape index (κ3) is 4.96. The van der Waals surface area contributed by atoms with Crippen molar-refractivity contribution in [3.8, 4) is 0 Å². The van der Waals surface area contributed by atoms with Crippen molar-refractivity contribution < 1.29 is 0 Å². The van der Waals surface area contributed by atoms with Gasteiger partial charge in [-0.3, -0.25) is 0 Å². The molecule has 1 saturated heterocycles. The standard InChI is InChI=1S/C17H28N2/c1-15(2)19(14-17-9-6-11-18-13-17)12-10-16-7-4-3-5-8-16/h3-5,7-8,15,17-18H,6,9-14H2,1-2H3. The second kappa shape index (κ2) is 7.66. The fourth-order valence-electron chi connectivity index (χ4n) is 2.89. The van der Waals surface area contributed by atoms with Crippen molar-refractivity contribution in [2.45, 2.75) is 39.2 Å². The van der Waals surface area contributed by atoms with Gasteiger partial charge in [-0.1, -0.05) is 30.3 Å². The summed E-state index contributed by atoms with van der Waals surface area (Å²) in [6.07, 6.45) is 3.90. The highest BCUT2D eigenvalue weighted by atomic mass is 15.1. The van der Waals surface area contributed by atoms with Gasteiger partial charge in [-0.2, -0.15) is 0 Å². The van der Waals surface area contributed by atoms with Gasteiger partial charge in [0.05, 0.1) is 0 Å². The molecule has 19 heavy (non-hydrogen) atoms. The van der Waals surface area contributed by atoms with Crippen LogP contribution in [0.2, 0.25) is 0 Å². The predicted octanol–water partition coefficient (Wildman–Crippen LogP) is 2.94. The van der Waals surface area contributed by atoms with Crippen molar-refractivity contribution in [2.24, 2.45) is 5.92 Å². The van der Waals surface area contributed by atoms with Crippen LogP contribution in [0.25, 0.3) is 0 Å². The molecule has 1 unspecified atom stereocenters.